The number of carbonyl (C=O) groups is 3. The fourth-order valence-electron chi connectivity index (χ4n) is 1.16. The summed E-state index contributed by atoms with van der Waals surface area (Å²) in [5.74, 6) is -2.12. The molecule has 0 aromatic rings. The van der Waals surface area contributed by atoms with Gasteiger partial charge in [0.25, 0.3) is 0 Å². The third-order valence-electron chi connectivity index (χ3n) is 2.12. The smallest absolute Gasteiger partial charge is 0.325 e. The fourth-order valence-corrected chi connectivity index (χ4v) is 1.16. The SMILES string of the molecule is CCCC(CNC(=O)NCC(=O)OC)C(=O)O. The second-order valence-corrected chi connectivity index (χ2v) is 3.46. The molecule has 7 heteroatoms. The van der Waals surface area contributed by atoms with Crippen molar-refractivity contribution in [2.75, 3.05) is 20.2 Å². The highest BCUT2D eigenvalue weighted by molar-refractivity contribution is 5.81. The molecule has 0 aliphatic carbocycles. The maximum absolute atomic E-state index is 11.2. The molecular weight excluding hydrogens is 228 g/mol. The molecule has 0 aromatic carbocycles. The summed E-state index contributed by atoms with van der Waals surface area (Å²) in [7, 11) is 1.21. The van der Waals surface area contributed by atoms with Crippen molar-refractivity contribution < 1.29 is 24.2 Å². The largest absolute Gasteiger partial charge is 0.481 e. The van der Waals surface area contributed by atoms with Gasteiger partial charge in [0.2, 0.25) is 0 Å². The Labute approximate surface area is 99.5 Å². The molecule has 0 aromatic heterocycles. The molecule has 1 atom stereocenters. The number of amides is 2. The number of hydrogen-bond donors (Lipinski definition) is 3. The standard InChI is InChI=1S/C10H18N2O5/c1-3-4-7(9(14)15)5-11-10(16)12-6-8(13)17-2/h7H,3-6H2,1-2H3,(H,14,15)(H2,11,12,16). The van der Waals surface area contributed by atoms with Crippen molar-refractivity contribution in [3.8, 4) is 0 Å². The topological polar surface area (TPSA) is 105 Å². The Morgan fingerprint density at radius 1 is 1.29 bits per heavy atom. The van der Waals surface area contributed by atoms with Crippen LogP contribution in [-0.2, 0) is 14.3 Å². The van der Waals surface area contributed by atoms with Gasteiger partial charge in [-0.15, -0.1) is 0 Å². The van der Waals surface area contributed by atoms with E-state index >= 15 is 0 Å². The van der Waals surface area contributed by atoms with Gasteiger partial charge >= 0.3 is 18.0 Å². The van der Waals surface area contributed by atoms with Gasteiger partial charge in [0.05, 0.1) is 13.0 Å². The number of urea groups is 1. The molecule has 0 spiro atoms. The van der Waals surface area contributed by atoms with E-state index < -0.39 is 23.9 Å². The Balaban J connectivity index is 3.88. The highest BCUT2D eigenvalue weighted by Crippen LogP contribution is 2.04. The Bertz CT molecular complexity index is 280. The number of aliphatic carboxylic acids is 1. The summed E-state index contributed by atoms with van der Waals surface area (Å²) in [6.45, 7) is 1.66. The first kappa shape index (κ1) is 15.2. The van der Waals surface area contributed by atoms with E-state index in [0.29, 0.717) is 6.42 Å². The molecule has 98 valence electrons. The quantitative estimate of drug-likeness (QED) is 0.547. The zero-order chi connectivity index (χ0) is 13.3. The molecule has 0 aliphatic rings. The van der Waals surface area contributed by atoms with Crippen LogP contribution in [0.3, 0.4) is 0 Å². The molecule has 0 aliphatic heterocycles. The van der Waals surface area contributed by atoms with Crippen LogP contribution in [0, 0.1) is 5.92 Å². The van der Waals surface area contributed by atoms with E-state index in [2.05, 4.69) is 15.4 Å². The number of nitrogens with one attached hydrogen (secondary N) is 2. The summed E-state index contributed by atoms with van der Waals surface area (Å²) in [5.41, 5.74) is 0. The van der Waals surface area contributed by atoms with E-state index in [1.165, 1.54) is 7.11 Å². The molecule has 0 fully saturated rings. The summed E-state index contributed by atoms with van der Waals surface area (Å²) in [5, 5.41) is 13.5. The third-order valence-corrected chi connectivity index (χ3v) is 2.12. The minimum atomic E-state index is -0.944. The van der Waals surface area contributed by atoms with Gasteiger partial charge in [0, 0.05) is 6.54 Å². The Kier molecular flexibility index (Phi) is 7.49. The van der Waals surface area contributed by atoms with Crippen LogP contribution < -0.4 is 10.6 Å². The van der Waals surface area contributed by atoms with Gasteiger partial charge < -0.3 is 20.5 Å². The molecule has 0 rings (SSSR count). The number of hydrogen-bond acceptors (Lipinski definition) is 4. The summed E-state index contributed by atoms with van der Waals surface area (Å²) >= 11 is 0. The van der Waals surface area contributed by atoms with Crippen LogP contribution in [0.5, 0.6) is 0 Å². The summed E-state index contributed by atoms with van der Waals surface area (Å²) in [6, 6.07) is -0.585. The minimum absolute atomic E-state index is 0.0379. The number of methoxy groups -OCH3 is 1. The van der Waals surface area contributed by atoms with E-state index in [1.807, 2.05) is 6.92 Å². The lowest BCUT2D eigenvalue weighted by atomic mass is 10.0. The molecule has 3 N–H and O–H groups in total. The van der Waals surface area contributed by atoms with Crippen molar-refractivity contribution in [3.05, 3.63) is 0 Å². The van der Waals surface area contributed by atoms with Crippen LogP contribution in [0.1, 0.15) is 19.8 Å². The van der Waals surface area contributed by atoms with Gasteiger partial charge in [0.1, 0.15) is 6.54 Å². The monoisotopic (exact) mass is 246 g/mol. The Hall–Kier alpha value is -1.79. The van der Waals surface area contributed by atoms with Crippen LogP contribution in [0.15, 0.2) is 0 Å². The molecule has 0 heterocycles. The van der Waals surface area contributed by atoms with Gasteiger partial charge in [-0.05, 0) is 6.42 Å². The van der Waals surface area contributed by atoms with Gasteiger partial charge in [-0.1, -0.05) is 13.3 Å². The van der Waals surface area contributed by atoms with E-state index in [1.54, 1.807) is 0 Å². The second-order valence-electron chi connectivity index (χ2n) is 3.46. The predicted molar refractivity (Wildman–Crippen MR) is 59.5 cm³/mol. The molecule has 0 saturated carbocycles. The first-order valence-electron chi connectivity index (χ1n) is 5.32. The number of ether oxygens (including phenoxy) is 1. The van der Waals surface area contributed by atoms with Gasteiger partial charge in [-0.2, -0.15) is 0 Å². The molecule has 1 unspecified atom stereocenters. The molecule has 17 heavy (non-hydrogen) atoms. The van der Waals surface area contributed by atoms with Gasteiger partial charge in [-0.3, -0.25) is 9.59 Å². The molecule has 0 saturated heterocycles. The molecular formula is C10H18N2O5. The first-order chi connectivity index (χ1) is 8.01. The van der Waals surface area contributed by atoms with Gasteiger partial charge in [0.15, 0.2) is 0 Å². The lowest BCUT2D eigenvalue weighted by Gasteiger charge is -2.12. The molecule has 0 radical (unpaired) electrons. The van der Waals surface area contributed by atoms with Crippen molar-refractivity contribution >= 4 is 18.0 Å². The lowest BCUT2D eigenvalue weighted by molar-refractivity contribution is -0.142. The normalized spacial score (nSPS) is 11.4. The lowest BCUT2D eigenvalue weighted by Crippen LogP contribution is -2.42. The highest BCUT2D eigenvalue weighted by Gasteiger charge is 2.17. The van der Waals surface area contributed by atoms with Crippen LogP contribution in [0.4, 0.5) is 4.79 Å². The van der Waals surface area contributed by atoms with Crippen molar-refractivity contribution in [2.24, 2.45) is 5.92 Å². The van der Waals surface area contributed by atoms with Crippen molar-refractivity contribution in [1.29, 1.82) is 0 Å². The fraction of sp³-hybridized carbons (Fsp3) is 0.700. The minimum Gasteiger partial charge on any atom is -0.481 e. The number of carbonyl (C=O) groups excluding carboxylic acids is 2. The van der Waals surface area contributed by atoms with Crippen molar-refractivity contribution in [3.63, 3.8) is 0 Å². The zero-order valence-corrected chi connectivity index (χ0v) is 9.99. The van der Waals surface area contributed by atoms with E-state index in [0.717, 1.165) is 6.42 Å². The zero-order valence-electron chi connectivity index (χ0n) is 9.99. The predicted octanol–water partition coefficient (Wildman–Crippen LogP) is -0.0405. The van der Waals surface area contributed by atoms with E-state index in [9.17, 15) is 14.4 Å². The first-order valence-corrected chi connectivity index (χ1v) is 5.32. The Morgan fingerprint density at radius 2 is 1.94 bits per heavy atom. The molecule has 2 amide bonds. The van der Waals surface area contributed by atoms with E-state index in [-0.39, 0.29) is 13.1 Å². The number of esters is 1. The number of rotatable bonds is 7. The average molecular weight is 246 g/mol. The third kappa shape index (κ3) is 7.15. The van der Waals surface area contributed by atoms with Crippen molar-refractivity contribution in [2.45, 2.75) is 19.8 Å². The average Bonchev–Trinajstić information content (AvgIpc) is 2.30. The van der Waals surface area contributed by atoms with Crippen molar-refractivity contribution in [1.82, 2.24) is 10.6 Å². The van der Waals surface area contributed by atoms with E-state index in [4.69, 9.17) is 5.11 Å². The molecule has 7 nitrogen and oxygen atoms in total. The second kappa shape index (κ2) is 8.37. The van der Waals surface area contributed by atoms with Crippen LogP contribution in [0.2, 0.25) is 0 Å². The maximum Gasteiger partial charge on any atom is 0.325 e. The number of carboxylic acids is 1. The van der Waals surface area contributed by atoms with Crippen LogP contribution >= 0.6 is 0 Å². The van der Waals surface area contributed by atoms with Crippen LogP contribution in [-0.4, -0.2) is 43.3 Å². The maximum atomic E-state index is 11.2. The summed E-state index contributed by atoms with van der Waals surface area (Å²) < 4.78 is 4.33. The highest BCUT2D eigenvalue weighted by atomic mass is 16.5. The summed E-state index contributed by atoms with van der Waals surface area (Å²) in [6.07, 6.45) is 1.22. The molecule has 0 bridgehead atoms. The van der Waals surface area contributed by atoms with Gasteiger partial charge in [-0.25, -0.2) is 4.79 Å². The van der Waals surface area contributed by atoms with Crippen LogP contribution in [0.25, 0.3) is 0 Å². The summed E-state index contributed by atoms with van der Waals surface area (Å²) in [4.78, 5) is 32.6. The number of carboxylic acid groups (broad SMARTS) is 1. The Morgan fingerprint density at radius 3 is 2.41 bits per heavy atom.